The lowest BCUT2D eigenvalue weighted by Crippen LogP contribution is -2.44. The first kappa shape index (κ1) is 23.1. The van der Waals surface area contributed by atoms with Gasteiger partial charge in [0, 0.05) is 24.3 Å². The van der Waals surface area contributed by atoms with Crippen molar-refractivity contribution in [1.82, 2.24) is 5.32 Å². The maximum atomic E-state index is 14.7. The van der Waals surface area contributed by atoms with Crippen LogP contribution in [-0.2, 0) is 9.53 Å². The predicted molar refractivity (Wildman–Crippen MR) is 123 cm³/mol. The maximum absolute atomic E-state index is 14.7. The van der Waals surface area contributed by atoms with Crippen molar-refractivity contribution in [2.45, 2.75) is 19.4 Å². The van der Waals surface area contributed by atoms with E-state index in [1.54, 1.807) is 42.1 Å². The number of nitrogens with zero attached hydrogens (tertiary/aromatic N) is 1. The molecular formula is C23H28FN3O3S. The van der Waals surface area contributed by atoms with Gasteiger partial charge in [0.1, 0.15) is 11.9 Å². The van der Waals surface area contributed by atoms with Gasteiger partial charge in [-0.05, 0) is 55.7 Å². The first-order valence-corrected chi connectivity index (χ1v) is 11.7. The molecule has 0 bridgehead atoms. The third-order valence-corrected chi connectivity index (χ3v) is 5.72. The molecule has 0 aromatic heterocycles. The van der Waals surface area contributed by atoms with Crippen LogP contribution >= 0.6 is 11.8 Å². The number of ether oxygens (including phenoxy) is 1. The number of halogens is 1. The average molecular weight is 446 g/mol. The van der Waals surface area contributed by atoms with Gasteiger partial charge in [0.05, 0.1) is 18.9 Å². The molecule has 0 spiro atoms. The number of morpholine rings is 1. The van der Waals surface area contributed by atoms with Crippen LogP contribution in [0.25, 0.3) is 0 Å². The van der Waals surface area contributed by atoms with Gasteiger partial charge >= 0.3 is 0 Å². The lowest BCUT2D eigenvalue weighted by Gasteiger charge is -2.29. The number of carbonyl (C=O) groups excluding carboxylic acids is 2. The number of aryl methyl sites for hydroxylation is 1. The van der Waals surface area contributed by atoms with E-state index in [9.17, 15) is 14.0 Å². The van der Waals surface area contributed by atoms with Gasteiger partial charge in [-0.3, -0.25) is 9.59 Å². The van der Waals surface area contributed by atoms with Crippen LogP contribution in [0.2, 0.25) is 0 Å². The molecule has 0 aliphatic carbocycles. The highest BCUT2D eigenvalue weighted by molar-refractivity contribution is 7.98. The molecule has 31 heavy (non-hydrogen) atoms. The van der Waals surface area contributed by atoms with E-state index in [0.717, 1.165) is 5.56 Å². The maximum Gasteiger partial charge on any atom is 0.251 e. The Morgan fingerprint density at radius 2 is 1.97 bits per heavy atom. The Morgan fingerprint density at radius 3 is 2.65 bits per heavy atom. The fraction of sp³-hybridized carbons (Fsp3) is 0.391. The largest absolute Gasteiger partial charge is 0.378 e. The molecule has 2 aromatic carbocycles. The van der Waals surface area contributed by atoms with Crippen molar-refractivity contribution in [2.75, 3.05) is 48.5 Å². The molecule has 0 saturated carbocycles. The van der Waals surface area contributed by atoms with Gasteiger partial charge in [0.2, 0.25) is 5.91 Å². The standard InChI is InChI=1S/C23H28FN3O3S/c1-16-4-3-5-17(14-16)22(28)26-20(8-13-31-2)23(29)25-18-6-7-21(19(24)15-18)27-9-11-30-12-10-27/h3-7,14-15,20H,8-13H2,1-2H3,(H,25,29)(H,26,28). The Kier molecular flexibility index (Phi) is 8.31. The number of benzene rings is 2. The zero-order chi connectivity index (χ0) is 22.2. The molecule has 1 aliphatic heterocycles. The van der Waals surface area contributed by atoms with Gasteiger partial charge in [-0.25, -0.2) is 4.39 Å². The molecule has 8 heteroatoms. The number of rotatable bonds is 8. The Morgan fingerprint density at radius 1 is 1.19 bits per heavy atom. The van der Waals surface area contributed by atoms with Crippen molar-refractivity contribution < 1.29 is 18.7 Å². The first-order chi connectivity index (χ1) is 15.0. The van der Waals surface area contributed by atoms with Gasteiger partial charge in [0.25, 0.3) is 5.91 Å². The molecule has 1 unspecified atom stereocenters. The second kappa shape index (κ2) is 11.2. The molecule has 6 nitrogen and oxygen atoms in total. The quantitative estimate of drug-likeness (QED) is 0.651. The third-order valence-electron chi connectivity index (χ3n) is 5.08. The van der Waals surface area contributed by atoms with E-state index in [4.69, 9.17) is 4.74 Å². The van der Waals surface area contributed by atoms with Crippen molar-refractivity contribution in [1.29, 1.82) is 0 Å². The summed E-state index contributed by atoms with van der Waals surface area (Å²) in [6, 6.07) is 11.1. The normalized spacial score (nSPS) is 14.7. The molecule has 1 atom stereocenters. The minimum absolute atomic E-state index is 0.307. The Balaban J connectivity index is 1.68. The summed E-state index contributed by atoms with van der Waals surface area (Å²) in [4.78, 5) is 27.4. The SMILES string of the molecule is CSCCC(NC(=O)c1cccc(C)c1)C(=O)Nc1ccc(N2CCOCC2)c(F)c1. The van der Waals surface area contributed by atoms with Crippen LogP contribution in [0.5, 0.6) is 0 Å². The number of hydrogen-bond donors (Lipinski definition) is 2. The summed E-state index contributed by atoms with van der Waals surface area (Å²) in [6.07, 6.45) is 2.41. The fourth-order valence-electron chi connectivity index (χ4n) is 3.41. The summed E-state index contributed by atoms with van der Waals surface area (Å²) in [5.41, 5.74) is 2.32. The number of anilines is 2. The van der Waals surface area contributed by atoms with E-state index in [-0.39, 0.29) is 11.8 Å². The van der Waals surface area contributed by atoms with Crippen molar-refractivity contribution in [3.63, 3.8) is 0 Å². The van der Waals surface area contributed by atoms with E-state index in [0.29, 0.717) is 55.4 Å². The van der Waals surface area contributed by atoms with Gasteiger partial charge in [-0.1, -0.05) is 17.7 Å². The fourth-order valence-corrected chi connectivity index (χ4v) is 3.88. The van der Waals surface area contributed by atoms with Crippen molar-refractivity contribution in [3.8, 4) is 0 Å². The first-order valence-electron chi connectivity index (χ1n) is 10.3. The van der Waals surface area contributed by atoms with Gasteiger partial charge in [-0.2, -0.15) is 11.8 Å². The molecule has 1 fully saturated rings. The molecule has 2 aromatic rings. The average Bonchev–Trinajstić information content (AvgIpc) is 2.77. The van der Waals surface area contributed by atoms with E-state index in [1.165, 1.54) is 6.07 Å². The van der Waals surface area contributed by atoms with Crippen LogP contribution in [0.1, 0.15) is 22.3 Å². The number of carbonyl (C=O) groups is 2. The van der Waals surface area contributed by atoms with Gasteiger partial charge in [-0.15, -0.1) is 0 Å². The van der Waals surface area contributed by atoms with Crippen LogP contribution < -0.4 is 15.5 Å². The van der Waals surface area contributed by atoms with Crippen LogP contribution in [0, 0.1) is 12.7 Å². The molecule has 3 rings (SSSR count). The predicted octanol–water partition coefficient (Wildman–Crippen LogP) is 3.46. The number of thioether (sulfide) groups is 1. The highest BCUT2D eigenvalue weighted by atomic mass is 32.2. The molecule has 2 N–H and O–H groups in total. The lowest BCUT2D eigenvalue weighted by molar-refractivity contribution is -0.118. The highest BCUT2D eigenvalue weighted by Gasteiger charge is 2.22. The smallest absolute Gasteiger partial charge is 0.251 e. The molecular weight excluding hydrogens is 417 g/mol. The summed E-state index contributed by atoms with van der Waals surface area (Å²) in [6.45, 7) is 4.30. The van der Waals surface area contributed by atoms with E-state index < -0.39 is 11.9 Å². The molecule has 1 saturated heterocycles. The van der Waals surface area contributed by atoms with Gasteiger partial charge in [0.15, 0.2) is 0 Å². The van der Waals surface area contributed by atoms with Crippen LogP contribution in [0.3, 0.4) is 0 Å². The summed E-state index contributed by atoms with van der Waals surface area (Å²) in [5, 5.41) is 5.56. The molecule has 1 aliphatic rings. The minimum Gasteiger partial charge on any atom is -0.378 e. The Hall–Kier alpha value is -2.58. The van der Waals surface area contributed by atoms with E-state index in [2.05, 4.69) is 10.6 Å². The monoisotopic (exact) mass is 445 g/mol. The summed E-state index contributed by atoms with van der Waals surface area (Å²) in [7, 11) is 0. The second-order valence-electron chi connectivity index (χ2n) is 7.43. The minimum atomic E-state index is -0.720. The van der Waals surface area contributed by atoms with Crippen molar-refractivity contribution in [3.05, 3.63) is 59.4 Å². The molecule has 1 heterocycles. The number of amides is 2. The van der Waals surface area contributed by atoms with Crippen LogP contribution in [0.15, 0.2) is 42.5 Å². The van der Waals surface area contributed by atoms with Crippen LogP contribution in [0.4, 0.5) is 15.8 Å². The van der Waals surface area contributed by atoms with Gasteiger partial charge < -0.3 is 20.3 Å². The van der Waals surface area contributed by atoms with E-state index in [1.807, 2.05) is 24.1 Å². The topological polar surface area (TPSA) is 70.7 Å². The molecule has 166 valence electrons. The lowest BCUT2D eigenvalue weighted by atomic mass is 10.1. The van der Waals surface area contributed by atoms with E-state index >= 15 is 0 Å². The summed E-state index contributed by atoms with van der Waals surface area (Å²) in [5.74, 6) is -0.368. The Bertz CT molecular complexity index is 919. The Labute approximate surface area is 186 Å². The summed E-state index contributed by atoms with van der Waals surface area (Å²) < 4.78 is 20.0. The zero-order valence-corrected chi connectivity index (χ0v) is 18.6. The number of nitrogens with one attached hydrogen (secondary N) is 2. The van der Waals surface area contributed by atoms with Crippen molar-refractivity contribution >= 4 is 35.0 Å². The molecule has 0 radical (unpaired) electrons. The van der Waals surface area contributed by atoms with Crippen LogP contribution in [-0.4, -0.2) is 56.2 Å². The second-order valence-corrected chi connectivity index (χ2v) is 8.42. The molecule has 2 amide bonds. The third kappa shape index (κ3) is 6.45. The highest BCUT2D eigenvalue weighted by Crippen LogP contribution is 2.24. The zero-order valence-electron chi connectivity index (χ0n) is 17.8. The van der Waals surface area contributed by atoms with Crippen molar-refractivity contribution in [2.24, 2.45) is 0 Å². The summed E-state index contributed by atoms with van der Waals surface area (Å²) >= 11 is 1.59. The number of hydrogen-bond acceptors (Lipinski definition) is 5.